The zero-order valence-corrected chi connectivity index (χ0v) is 16.2. The van der Waals surface area contributed by atoms with Gasteiger partial charge in [-0.05, 0) is 54.7 Å². The summed E-state index contributed by atoms with van der Waals surface area (Å²) in [6, 6.07) is 11.7. The number of hydrogen-bond donors (Lipinski definition) is 1. The van der Waals surface area contributed by atoms with Gasteiger partial charge in [-0.2, -0.15) is 4.31 Å². The van der Waals surface area contributed by atoms with Crippen LogP contribution in [0.25, 0.3) is 0 Å². The van der Waals surface area contributed by atoms with Crippen LogP contribution in [0.2, 0.25) is 0 Å². The molecular weight excluding hydrogens is 367 g/mol. The van der Waals surface area contributed by atoms with Crippen molar-refractivity contribution >= 4 is 21.6 Å². The molecule has 5 nitrogen and oxygen atoms in total. The Morgan fingerprint density at radius 1 is 1.04 bits per heavy atom. The molecule has 3 rings (SSSR count). The maximum atomic E-state index is 13.7. The minimum Gasteiger partial charge on any atom is -0.322 e. The Labute approximate surface area is 159 Å². The fourth-order valence-electron chi connectivity index (χ4n) is 3.51. The maximum Gasteiger partial charge on any atom is 0.258 e. The van der Waals surface area contributed by atoms with Crippen molar-refractivity contribution in [1.82, 2.24) is 4.31 Å². The number of amides is 1. The van der Waals surface area contributed by atoms with Crippen molar-refractivity contribution in [2.24, 2.45) is 11.8 Å². The second kappa shape index (κ2) is 7.78. The number of carbonyl (C=O) groups excluding carboxylic acids is 1. The fourth-order valence-corrected chi connectivity index (χ4v) is 5.18. The Morgan fingerprint density at radius 2 is 1.63 bits per heavy atom. The third-order valence-corrected chi connectivity index (χ3v) is 6.55. The molecule has 27 heavy (non-hydrogen) atoms. The highest BCUT2D eigenvalue weighted by Crippen LogP contribution is 2.27. The number of nitrogens with zero attached hydrogens (tertiary/aromatic N) is 1. The Hall–Kier alpha value is -2.25. The lowest BCUT2D eigenvalue weighted by Gasteiger charge is -2.34. The molecule has 1 aliphatic rings. The minimum absolute atomic E-state index is 0.0644. The monoisotopic (exact) mass is 390 g/mol. The summed E-state index contributed by atoms with van der Waals surface area (Å²) in [5.41, 5.74) is 0.341. The van der Waals surface area contributed by atoms with Gasteiger partial charge in [0.25, 0.3) is 5.91 Å². The van der Waals surface area contributed by atoms with Gasteiger partial charge in [-0.1, -0.05) is 26.0 Å². The predicted molar refractivity (Wildman–Crippen MR) is 102 cm³/mol. The summed E-state index contributed by atoms with van der Waals surface area (Å²) in [5, 5.41) is 2.58. The predicted octanol–water partition coefficient (Wildman–Crippen LogP) is 3.74. The Balaban J connectivity index is 1.75. The average Bonchev–Trinajstić information content (AvgIpc) is 2.61. The van der Waals surface area contributed by atoms with Gasteiger partial charge < -0.3 is 5.32 Å². The molecule has 1 amide bonds. The van der Waals surface area contributed by atoms with Gasteiger partial charge in [-0.25, -0.2) is 12.8 Å². The molecule has 7 heteroatoms. The van der Waals surface area contributed by atoms with Crippen molar-refractivity contribution < 1.29 is 17.6 Å². The highest BCUT2D eigenvalue weighted by atomic mass is 32.2. The first-order valence-corrected chi connectivity index (χ1v) is 10.4. The third-order valence-electron chi connectivity index (χ3n) is 4.70. The first-order chi connectivity index (χ1) is 12.8. The van der Waals surface area contributed by atoms with E-state index in [-0.39, 0.29) is 10.5 Å². The highest BCUT2D eigenvalue weighted by molar-refractivity contribution is 7.89. The summed E-state index contributed by atoms with van der Waals surface area (Å²) in [5.74, 6) is -0.546. The Kier molecular flexibility index (Phi) is 5.62. The lowest BCUT2D eigenvalue weighted by molar-refractivity contribution is 0.102. The van der Waals surface area contributed by atoms with Crippen LogP contribution in [0.3, 0.4) is 0 Å². The van der Waals surface area contributed by atoms with Crippen molar-refractivity contribution in [1.29, 1.82) is 0 Å². The van der Waals surface area contributed by atoms with E-state index >= 15 is 0 Å². The molecule has 144 valence electrons. The number of halogens is 1. The summed E-state index contributed by atoms with van der Waals surface area (Å²) in [6.45, 7) is 5.13. The molecule has 0 bridgehead atoms. The van der Waals surface area contributed by atoms with Gasteiger partial charge in [0.05, 0.1) is 10.5 Å². The summed E-state index contributed by atoms with van der Waals surface area (Å²) in [6.07, 6.45) is 1.02. The van der Waals surface area contributed by atoms with Gasteiger partial charge in [0.1, 0.15) is 5.82 Å². The fraction of sp³-hybridized carbons (Fsp3) is 0.350. The van der Waals surface area contributed by atoms with E-state index in [1.807, 2.05) is 0 Å². The molecule has 0 unspecified atom stereocenters. The second-order valence-corrected chi connectivity index (χ2v) is 9.16. The maximum absolute atomic E-state index is 13.7. The first-order valence-electron chi connectivity index (χ1n) is 8.93. The topological polar surface area (TPSA) is 66.5 Å². The molecule has 1 N–H and O–H groups in total. The molecule has 0 aliphatic carbocycles. The number of anilines is 1. The molecule has 0 saturated carbocycles. The minimum atomic E-state index is -3.57. The van der Waals surface area contributed by atoms with Crippen LogP contribution in [-0.2, 0) is 10.0 Å². The Bertz CT molecular complexity index is 918. The van der Waals surface area contributed by atoms with E-state index in [1.165, 1.54) is 46.8 Å². The summed E-state index contributed by atoms with van der Waals surface area (Å²) >= 11 is 0. The molecule has 1 saturated heterocycles. The molecule has 0 spiro atoms. The molecule has 1 heterocycles. The molecule has 1 fully saturated rings. The summed E-state index contributed by atoms with van der Waals surface area (Å²) < 4.78 is 40.9. The van der Waals surface area contributed by atoms with Gasteiger partial charge in [0.2, 0.25) is 10.0 Å². The van der Waals surface area contributed by atoms with E-state index < -0.39 is 21.7 Å². The van der Waals surface area contributed by atoms with Crippen LogP contribution in [0.15, 0.2) is 53.4 Å². The van der Waals surface area contributed by atoms with Crippen molar-refractivity contribution in [3.8, 4) is 0 Å². The van der Waals surface area contributed by atoms with Gasteiger partial charge in [-0.3, -0.25) is 4.79 Å². The zero-order chi connectivity index (χ0) is 19.6. The second-order valence-electron chi connectivity index (χ2n) is 7.23. The van der Waals surface area contributed by atoms with Gasteiger partial charge >= 0.3 is 0 Å². The number of benzene rings is 2. The van der Waals surface area contributed by atoms with Gasteiger partial charge in [0.15, 0.2) is 0 Å². The van der Waals surface area contributed by atoms with Crippen molar-refractivity contribution in [2.45, 2.75) is 25.2 Å². The summed E-state index contributed by atoms with van der Waals surface area (Å²) in [7, 11) is -3.57. The lowest BCUT2D eigenvalue weighted by atomic mass is 9.94. The smallest absolute Gasteiger partial charge is 0.258 e. The van der Waals surface area contributed by atoms with E-state index in [0.717, 1.165) is 6.42 Å². The third kappa shape index (κ3) is 4.36. The van der Waals surface area contributed by atoms with E-state index in [2.05, 4.69) is 19.2 Å². The molecule has 2 aromatic carbocycles. The molecule has 0 radical (unpaired) electrons. The van der Waals surface area contributed by atoms with Crippen LogP contribution in [0, 0.1) is 17.7 Å². The van der Waals surface area contributed by atoms with Crippen LogP contribution >= 0.6 is 0 Å². The van der Waals surface area contributed by atoms with Crippen molar-refractivity contribution in [2.75, 3.05) is 18.4 Å². The quantitative estimate of drug-likeness (QED) is 0.865. The largest absolute Gasteiger partial charge is 0.322 e. The van der Waals surface area contributed by atoms with Gasteiger partial charge in [0, 0.05) is 18.8 Å². The molecule has 2 atom stereocenters. The number of sulfonamides is 1. The van der Waals surface area contributed by atoms with Crippen LogP contribution in [-0.4, -0.2) is 31.7 Å². The van der Waals surface area contributed by atoms with Crippen LogP contribution < -0.4 is 5.32 Å². The first kappa shape index (κ1) is 19.5. The SMILES string of the molecule is C[C@@H]1C[C@@H](C)CN(S(=O)(=O)c2ccc(NC(=O)c3ccccc3F)cc2)C1. The van der Waals surface area contributed by atoms with E-state index in [9.17, 15) is 17.6 Å². The average molecular weight is 390 g/mol. The number of rotatable bonds is 4. The van der Waals surface area contributed by atoms with E-state index in [1.54, 1.807) is 6.07 Å². The molecular formula is C20H23FN2O3S. The normalized spacial score (nSPS) is 21.0. The van der Waals surface area contributed by atoms with E-state index in [0.29, 0.717) is 30.6 Å². The van der Waals surface area contributed by atoms with Crippen LogP contribution in [0.4, 0.5) is 10.1 Å². The highest BCUT2D eigenvalue weighted by Gasteiger charge is 2.31. The number of nitrogens with one attached hydrogen (secondary N) is 1. The van der Waals surface area contributed by atoms with Crippen LogP contribution in [0.1, 0.15) is 30.6 Å². The lowest BCUT2D eigenvalue weighted by Crippen LogP contribution is -2.42. The molecule has 1 aliphatic heterocycles. The molecule has 2 aromatic rings. The van der Waals surface area contributed by atoms with Crippen molar-refractivity contribution in [3.05, 3.63) is 59.9 Å². The van der Waals surface area contributed by atoms with Crippen molar-refractivity contribution in [3.63, 3.8) is 0 Å². The Morgan fingerprint density at radius 3 is 2.22 bits per heavy atom. The zero-order valence-electron chi connectivity index (χ0n) is 15.4. The van der Waals surface area contributed by atoms with Gasteiger partial charge in [-0.15, -0.1) is 0 Å². The summed E-state index contributed by atoms with van der Waals surface area (Å²) in [4.78, 5) is 12.3. The van der Waals surface area contributed by atoms with E-state index in [4.69, 9.17) is 0 Å². The molecule has 0 aromatic heterocycles. The number of hydrogen-bond acceptors (Lipinski definition) is 3. The number of piperidine rings is 1. The van der Waals surface area contributed by atoms with Crippen LogP contribution in [0.5, 0.6) is 0 Å². The standard InChI is InChI=1S/C20H23FN2O3S/c1-14-11-15(2)13-23(12-14)27(25,26)17-9-7-16(8-10-17)22-20(24)18-5-3-4-6-19(18)21/h3-10,14-15H,11-13H2,1-2H3,(H,22,24)/t14-,15-/m1/s1. The number of carbonyl (C=O) groups is 1.